The second kappa shape index (κ2) is 11.6. The monoisotopic (exact) mass is 538 g/mol. The third-order valence-electron chi connectivity index (χ3n) is 8.83. The quantitative estimate of drug-likeness (QED) is 0.233. The van der Waals surface area contributed by atoms with Gasteiger partial charge in [-0.2, -0.15) is 0 Å². The number of esters is 1. The van der Waals surface area contributed by atoms with E-state index in [1.165, 1.54) is 4.90 Å². The molecule has 0 aromatic heterocycles. The lowest BCUT2D eigenvalue weighted by Crippen LogP contribution is -2.58. The molecule has 8 nitrogen and oxygen atoms in total. The normalized spacial score (nSPS) is 29.8. The average Bonchev–Trinajstić information content (AvgIpc) is 3.54. The molecule has 1 N–H and O–H groups in total. The van der Waals surface area contributed by atoms with E-state index in [2.05, 4.69) is 13.2 Å². The van der Waals surface area contributed by atoms with Gasteiger partial charge in [-0.05, 0) is 51.5 Å². The number of allylic oxidation sites excluding steroid dienone is 1. The highest BCUT2D eigenvalue weighted by atomic mass is 16.6. The predicted octanol–water partition coefficient (Wildman–Crippen LogP) is 3.81. The molecule has 1 aromatic carbocycles. The first kappa shape index (κ1) is 29.0. The topological polar surface area (TPSA) is 96.4 Å². The summed E-state index contributed by atoms with van der Waals surface area (Å²) in [6.45, 7) is 13.5. The first-order valence-corrected chi connectivity index (χ1v) is 14.1. The summed E-state index contributed by atoms with van der Waals surface area (Å²) < 4.78 is 12.5. The third-order valence-corrected chi connectivity index (χ3v) is 8.83. The summed E-state index contributed by atoms with van der Waals surface area (Å²) in [5.41, 5.74) is -1.35. The highest BCUT2D eigenvalue weighted by molar-refractivity contribution is 5.99. The molecule has 2 unspecified atom stereocenters. The van der Waals surface area contributed by atoms with E-state index >= 15 is 0 Å². The summed E-state index contributed by atoms with van der Waals surface area (Å²) in [6, 6.07) is 7.28. The van der Waals surface area contributed by atoms with E-state index in [0.717, 1.165) is 0 Å². The number of nitrogens with zero attached hydrogens (tertiary/aromatic N) is 2. The zero-order valence-electron chi connectivity index (χ0n) is 23.4. The SMILES string of the molecule is C=CCCCOC(=O)[C@H]1[C@H]2C(=O)N([C@H](CO)c3ccccc3)C(C(=O)N(CC=C)C(C)C)C23CC[C@]1(CC)O3. The average molecular weight is 539 g/mol. The van der Waals surface area contributed by atoms with E-state index in [0.29, 0.717) is 44.2 Å². The molecule has 2 amide bonds. The molecule has 2 bridgehead atoms. The maximum Gasteiger partial charge on any atom is 0.312 e. The van der Waals surface area contributed by atoms with Gasteiger partial charge in [0.1, 0.15) is 17.6 Å². The van der Waals surface area contributed by atoms with Crippen molar-refractivity contribution in [1.29, 1.82) is 0 Å². The molecule has 6 atom stereocenters. The lowest BCUT2D eigenvalue weighted by Gasteiger charge is -2.40. The minimum absolute atomic E-state index is 0.156. The van der Waals surface area contributed by atoms with Gasteiger partial charge in [-0.1, -0.05) is 49.4 Å². The zero-order valence-corrected chi connectivity index (χ0v) is 23.4. The Hall–Kier alpha value is -2.97. The van der Waals surface area contributed by atoms with Crippen LogP contribution in [0.1, 0.15) is 64.5 Å². The maximum atomic E-state index is 14.5. The van der Waals surface area contributed by atoms with Crippen LogP contribution < -0.4 is 0 Å². The molecule has 0 aliphatic carbocycles. The van der Waals surface area contributed by atoms with Crippen molar-refractivity contribution in [2.24, 2.45) is 11.8 Å². The number of benzene rings is 1. The molecule has 3 saturated heterocycles. The third kappa shape index (κ3) is 4.72. The Morgan fingerprint density at radius 3 is 2.54 bits per heavy atom. The van der Waals surface area contributed by atoms with Crippen LogP contribution in [0.15, 0.2) is 55.6 Å². The van der Waals surface area contributed by atoms with E-state index in [1.54, 1.807) is 17.1 Å². The van der Waals surface area contributed by atoms with Gasteiger partial charge in [-0.25, -0.2) is 0 Å². The Balaban J connectivity index is 1.82. The Labute approximate surface area is 231 Å². The fourth-order valence-corrected chi connectivity index (χ4v) is 7.00. The summed E-state index contributed by atoms with van der Waals surface area (Å²) in [7, 11) is 0. The maximum absolute atomic E-state index is 14.5. The smallest absolute Gasteiger partial charge is 0.312 e. The lowest BCUT2D eigenvalue weighted by molar-refractivity contribution is -0.164. The molecule has 3 heterocycles. The fraction of sp³-hybridized carbons (Fsp3) is 0.581. The lowest BCUT2D eigenvalue weighted by atomic mass is 9.65. The Morgan fingerprint density at radius 2 is 1.95 bits per heavy atom. The van der Waals surface area contributed by atoms with Crippen molar-refractivity contribution in [3.8, 4) is 0 Å². The standard InChI is InChI=1S/C31H42N2O6/c1-6-9-13-19-38-29(37)25-24-27(35)33(23(20-34)22-14-11-10-12-15-22)26(28(36)32(18-7-2)21(4)5)31(24)17-16-30(25,8-3)39-31/h6-7,10-12,14-15,21,23-26,34H,1-2,8-9,13,16-20H2,3-5H3/t23-,24+,25-,26?,30+,31?/m1/s1. The number of carbonyl (C=O) groups excluding carboxylic acids is 3. The molecular weight excluding hydrogens is 496 g/mol. The Morgan fingerprint density at radius 1 is 1.23 bits per heavy atom. The summed E-state index contributed by atoms with van der Waals surface area (Å²) >= 11 is 0. The van der Waals surface area contributed by atoms with Crippen LogP contribution in [-0.4, -0.2) is 75.7 Å². The minimum Gasteiger partial charge on any atom is -0.465 e. The second-order valence-electron chi connectivity index (χ2n) is 11.2. The molecule has 3 fully saturated rings. The van der Waals surface area contributed by atoms with Crippen molar-refractivity contribution in [2.75, 3.05) is 19.8 Å². The molecule has 4 rings (SSSR count). The molecule has 0 radical (unpaired) electrons. The number of rotatable bonds is 13. The van der Waals surface area contributed by atoms with Crippen LogP contribution in [0.2, 0.25) is 0 Å². The number of hydrogen-bond donors (Lipinski definition) is 1. The molecule has 3 aliphatic rings. The Kier molecular flexibility index (Phi) is 8.66. The van der Waals surface area contributed by atoms with Crippen molar-refractivity contribution < 1.29 is 29.0 Å². The van der Waals surface area contributed by atoms with Crippen LogP contribution in [-0.2, 0) is 23.9 Å². The first-order chi connectivity index (χ1) is 18.7. The van der Waals surface area contributed by atoms with Crippen LogP contribution >= 0.6 is 0 Å². The molecule has 1 aromatic rings. The minimum atomic E-state index is -1.19. The van der Waals surface area contributed by atoms with Gasteiger partial charge in [0.2, 0.25) is 11.8 Å². The van der Waals surface area contributed by atoms with Gasteiger partial charge in [0.25, 0.3) is 0 Å². The van der Waals surface area contributed by atoms with Gasteiger partial charge < -0.3 is 24.4 Å². The number of likely N-dealkylation sites (tertiary alicyclic amines) is 1. The number of fused-ring (bicyclic) bond motifs is 1. The Bertz CT molecular complexity index is 1090. The van der Waals surface area contributed by atoms with E-state index in [9.17, 15) is 19.5 Å². The first-order valence-electron chi connectivity index (χ1n) is 14.1. The van der Waals surface area contributed by atoms with Crippen LogP contribution in [0.3, 0.4) is 0 Å². The molecular formula is C31H42N2O6. The molecule has 3 aliphatic heterocycles. The number of aliphatic hydroxyl groups excluding tert-OH is 1. The highest BCUT2D eigenvalue weighted by Gasteiger charge is 2.79. The highest BCUT2D eigenvalue weighted by Crippen LogP contribution is 2.65. The molecule has 0 saturated carbocycles. The van der Waals surface area contributed by atoms with E-state index in [4.69, 9.17) is 9.47 Å². The number of unbranched alkanes of at least 4 members (excludes halogenated alkanes) is 1. The summed E-state index contributed by atoms with van der Waals surface area (Å²) in [5.74, 6) is -2.76. The van der Waals surface area contributed by atoms with Gasteiger partial charge in [0, 0.05) is 12.6 Å². The van der Waals surface area contributed by atoms with E-state index in [1.807, 2.05) is 51.1 Å². The number of hydrogen-bond acceptors (Lipinski definition) is 6. The van der Waals surface area contributed by atoms with Gasteiger partial charge in [0.05, 0.1) is 30.8 Å². The predicted molar refractivity (Wildman–Crippen MR) is 147 cm³/mol. The number of carbonyl (C=O) groups is 3. The van der Waals surface area contributed by atoms with Gasteiger partial charge in [-0.15, -0.1) is 13.2 Å². The van der Waals surface area contributed by atoms with Gasteiger partial charge >= 0.3 is 5.97 Å². The fourth-order valence-electron chi connectivity index (χ4n) is 7.00. The second-order valence-corrected chi connectivity index (χ2v) is 11.2. The zero-order chi connectivity index (χ0) is 28.4. The van der Waals surface area contributed by atoms with Gasteiger partial charge in [-0.3, -0.25) is 14.4 Å². The molecule has 8 heteroatoms. The largest absolute Gasteiger partial charge is 0.465 e. The van der Waals surface area contributed by atoms with Crippen molar-refractivity contribution in [1.82, 2.24) is 9.80 Å². The van der Waals surface area contributed by atoms with Crippen LogP contribution in [0.5, 0.6) is 0 Å². The number of amides is 2. The van der Waals surface area contributed by atoms with Gasteiger partial charge in [0.15, 0.2) is 0 Å². The van der Waals surface area contributed by atoms with Crippen molar-refractivity contribution in [3.63, 3.8) is 0 Å². The van der Waals surface area contributed by atoms with Crippen molar-refractivity contribution in [2.45, 2.75) is 82.2 Å². The van der Waals surface area contributed by atoms with Crippen molar-refractivity contribution in [3.05, 3.63) is 61.2 Å². The molecule has 1 spiro atoms. The molecule has 212 valence electrons. The van der Waals surface area contributed by atoms with Crippen LogP contribution in [0, 0.1) is 11.8 Å². The number of ether oxygens (including phenoxy) is 2. The van der Waals surface area contributed by atoms with Crippen LogP contribution in [0.4, 0.5) is 0 Å². The van der Waals surface area contributed by atoms with E-state index in [-0.39, 0.29) is 31.1 Å². The number of aliphatic hydroxyl groups is 1. The summed E-state index contributed by atoms with van der Waals surface area (Å²) in [6.07, 6.45) is 6.34. The van der Waals surface area contributed by atoms with Crippen LogP contribution in [0.25, 0.3) is 0 Å². The van der Waals surface area contributed by atoms with Crippen molar-refractivity contribution >= 4 is 17.8 Å². The van der Waals surface area contributed by atoms with E-state index < -0.39 is 41.1 Å². The molecule has 39 heavy (non-hydrogen) atoms. The summed E-state index contributed by atoms with van der Waals surface area (Å²) in [4.78, 5) is 45.7. The summed E-state index contributed by atoms with van der Waals surface area (Å²) in [5, 5.41) is 10.6.